The van der Waals surface area contributed by atoms with Gasteiger partial charge in [-0.1, -0.05) is 88.5 Å². The van der Waals surface area contributed by atoms with Crippen LogP contribution in [0.3, 0.4) is 0 Å². The number of carbonyl (C=O) groups excluding carboxylic acids is 1. The van der Waals surface area contributed by atoms with Crippen LogP contribution in [-0.2, 0) is 15.6 Å². The van der Waals surface area contributed by atoms with Crippen LogP contribution >= 0.6 is 34.8 Å². The fourth-order valence-electron chi connectivity index (χ4n) is 3.70. The molecular formula is C27H32Cl3N3O3. The molecule has 0 bridgehead atoms. The maximum atomic E-state index is 12.7. The molecule has 1 amide bonds. The van der Waals surface area contributed by atoms with E-state index in [1.165, 1.54) is 23.8 Å². The highest BCUT2D eigenvalue weighted by molar-refractivity contribution is 6.40. The standard InChI is InChI=1S/C27H32Cl3N3O3/c1-7-26(3,4)16-9-10-21(18(11-16)27(5,6)8-2)36-15-23(34)31-22-14-24(35)33(32-22)25-19(29)12-17(28)13-20(25)30/h9-14,32H,7-8,15H2,1-6H3,(H,31,34). The van der Waals surface area contributed by atoms with Gasteiger partial charge in [0.05, 0.1) is 10.0 Å². The number of H-pyrrole nitrogens is 1. The quantitative estimate of drug-likeness (QED) is 0.288. The van der Waals surface area contributed by atoms with E-state index in [4.69, 9.17) is 39.5 Å². The Balaban J connectivity index is 1.80. The minimum absolute atomic E-state index is 0.0311. The lowest BCUT2D eigenvalue weighted by Gasteiger charge is -2.30. The molecule has 0 radical (unpaired) electrons. The number of amides is 1. The summed E-state index contributed by atoms with van der Waals surface area (Å²) < 4.78 is 7.11. The van der Waals surface area contributed by atoms with Gasteiger partial charge in [-0.15, -0.1) is 0 Å². The molecule has 2 aromatic carbocycles. The zero-order chi connectivity index (χ0) is 26.8. The Morgan fingerprint density at radius 2 is 1.58 bits per heavy atom. The van der Waals surface area contributed by atoms with Gasteiger partial charge in [0, 0.05) is 16.7 Å². The van der Waals surface area contributed by atoms with E-state index in [0.717, 1.165) is 23.1 Å². The number of halogens is 3. The molecule has 6 nitrogen and oxygen atoms in total. The van der Waals surface area contributed by atoms with Crippen molar-refractivity contribution in [1.82, 2.24) is 9.78 Å². The predicted octanol–water partition coefficient (Wildman–Crippen LogP) is 7.52. The van der Waals surface area contributed by atoms with E-state index in [9.17, 15) is 9.59 Å². The molecule has 2 N–H and O–H groups in total. The topological polar surface area (TPSA) is 76.1 Å². The molecule has 0 atom stereocenters. The van der Waals surface area contributed by atoms with Crippen LogP contribution in [0.2, 0.25) is 15.1 Å². The van der Waals surface area contributed by atoms with Gasteiger partial charge in [0.25, 0.3) is 11.5 Å². The second-order valence-electron chi connectivity index (χ2n) is 10.1. The third-order valence-corrected chi connectivity index (χ3v) is 7.61. The number of nitrogens with zero attached hydrogens (tertiary/aromatic N) is 1. The fraction of sp³-hybridized carbons (Fsp3) is 0.407. The van der Waals surface area contributed by atoms with Crippen molar-refractivity contribution in [3.05, 3.63) is 72.9 Å². The van der Waals surface area contributed by atoms with Crippen molar-refractivity contribution in [2.24, 2.45) is 0 Å². The summed E-state index contributed by atoms with van der Waals surface area (Å²) in [5.74, 6) is 0.429. The van der Waals surface area contributed by atoms with E-state index in [1.807, 2.05) is 6.07 Å². The second-order valence-corrected chi connectivity index (χ2v) is 11.3. The lowest BCUT2D eigenvalue weighted by Crippen LogP contribution is -2.24. The van der Waals surface area contributed by atoms with Crippen molar-refractivity contribution in [2.75, 3.05) is 11.9 Å². The number of hydrogen-bond acceptors (Lipinski definition) is 3. The monoisotopic (exact) mass is 551 g/mol. The van der Waals surface area contributed by atoms with Crippen LogP contribution in [0.4, 0.5) is 5.82 Å². The Morgan fingerprint density at radius 3 is 2.17 bits per heavy atom. The van der Waals surface area contributed by atoms with Gasteiger partial charge < -0.3 is 10.1 Å². The third kappa shape index (κ3) is 6.10. The van der Waals surface area contributed by atoms with E-state index in [1.54, 1.807) is 0 Å². The van der Waals surface area contributed by atoms with Crippen molar-refractivity contribution in [3.63, 3.8) is 0 Å². The largest absolute Gasteiger partial charge is 0.483 e. The van der Waals surface area contributed by atoms with Crippen molar-refractivity contribution in [1.29, 1.82) is 0 Å². The van der Waals surface area contributed by atoms with E-state index in [2.05, 4.69) is 64.1 Å². The van der Waals surface area contributed by atoms with Crippen LogP contribution in [0.1, 0.15) is 65.5 Å². The van der Waals surface area contributed by atoms with Crippen LogP contribution in [0.15, 0.2) is 41.2 Å². The predicted molar refractivity (Wildman–Crippen MR) is 149 cm³/mol. The van der Waals surface area contributed by atoms with Crippen molar-refractivity contribution < 1.29 is 9.53 Å². The Kier molecular flexibility index (Phi) is 8.54. The van der Waals surface area contributed by atoms with Crippen molar-refractivity contribution in [3.8, 4) is 11.4 Å². The normalized spacial score (nSPS) is 12.0. The first kappa shape index (κ1) is 28.2. The first-order valence-corrected chi connectivity index (χ1v) is 13.0. The highest BCUT2D eigenvalue weighted by Gasteiger charge is 2.27. The maximum absolute atomic E-state index is 12.7. The van der Waals surface area contributed by atoms with E-state index in [-0.39, 0.29) is 39.0 Å². The summed E-state index contributed by atoms with van der Waals surface area (Å²) in [5.41, 5.74) is 1.99. The number of ether oxygens (including phenoxy) is 1. The number of benzene rings is 2. The lowest BCUT2D eigenvalue weighted by atomic mass is 9.76. The second kappa shape index (κ2) is 10.9. The Bertz CT molecular complexity index is 1300. The van der Waals surface area contributed by atoms with Gasteiger partial charge in [0.2, 0.25) is 0 Å². The van der Waals surface area contributed by atoms with Gasteiger partial charge in [0.15, 0.2) is 6.61 Å². The molecular weight excluding hydrogens is 521 g/mol. The van der Waals surface area contributed by atoms with Crippen LogP contribution in [0.5, 0.6) is 5.75 Å². The first-order valence-electron chi connectivity index (χ1n) is 11.8. The summed E-state index contributed by atoms with van der Waals surface area (Å²) in [7, 11) is 0. The van der Waals surface area contributed by atoms with Gasteiger partial charge >= 0.3 is 0 Å². The van der Waals surface area contributed by atoms with E-state index < -0.39 is 11.5 Å². The summed E-state index contributed by atoms with van der Waals surface area (Å²) in [6.07, 6.45) is 1.92. The Hall–Kier alpha value is -2.41. The molecule has 0 saturated carbocycles. The Morgan fingerprint density at radius 1 is 0.972 bits per heavy atom. The summed E-state index contributed by atoms with van der Waals surface area (Å²) >= 11 is 18.4. The molecule has 0 aliphatic carbocycles. The van der Waals surface area contributed by atoms with Crippen molar-refractivity contribution >= 4 is 46.5 Å². The number of anilines is 1. The smallest absolute Gasteiger partial charge is 0.273 e. The fourth-order valence-corrected chi connectivity index (χ4v) is 4.69. The van der Waals surface area contributed by atoms with Crippen molar-refractivity contribution in [2.45, 2.75) is 65.2 Å². The lowest BCUT2D eigenvalue weighted by molar-refractivity contribution is -0.118. The number of aromatic nitrogens is 2. The van der Waals surface area contributed by atoms with E-state index >= 15 is 0 Å². The maximum Gasteiger partial charge on any atom is 0.273 e. The highest BCUT2D eigenvalue weighted by atomic mass is 35.5. The number of rotatable bonds is 9. The van der Waals surface area contributed by atoms with Gasteiger partial charge in [-0.05, 0) is 47.4 Å². The van der Waals surface area contributed by atoms with E-state index in [0.29, 0.717) is 10.8 Å². The minimum atomic E-state index is -0.446. The molecule has 194 valence electrons. The SMILES string of the molecule is CCC(C)(C)c1ccc(OCC(=O)Nc2cc(=O)n(-c3c(Cl)cc(Cl)cc3Cl)[nH]2)c(C(C)(C)CC)c1. The van der Waals surface area contributed by atoms with Crippen LogP contribution in [-0.4, -0.2) is 22.3 Å². The van der Waals surface area contributed by atoms with Gasteiger partial charge in [-0.2, -0.15) is 0 Å². The molecule has 36 heavy (non-hydrogen) atoms. The van der Waals surface area contributed by atoms with Gasteiger partial charge in [-0.3, -0.25) is 14.7 Å². The van der Waals surface area contributed by atoms with Gasteiger partial charge in [0.1, 0.15) is 17.3 Å². The number of nitrogens with one attached hydrogen (secondary N) is 2. The molecule has 0 aliphatic heterocycles. The average molecular weight is 553 g/mol. The zero-order valence-electron chi connectivity index (χ0n) is 21.4. The molecule has 0 saturated heterocycles. The van der Waals surface area contributed by atoms with Gasteiger partial charge in [-0.25, -0.2) is 4.68 Å². The van der Waals surface area contributed by atoms with Crippen LogP contribution in [0, 0.1) is 0 Å². The molecule has 1 heterocycles. The molecule has 0 fully saturated rings. The molecule has 0 unspecified atom stereocenters. The highest BCUT2D eigenvalue weighted by Crippen LogP contribution is 2.38. The molecule has 1 aromatic heterocycles. The summed E-state index contributed by atoms with van der Waals surface area (Å²) in [6.45, 7) is 12.8. The summed E-state index contributed by atoms with van der Waals surface area (Å²) in [5, 5.41) is 6.20. The molecule has 0 aliphatic rings. The van der Waals surface area contributed by atoms with Crippen LogP contribution in [0.25, 0.3) is 5.69 Å². The minimum Gasteiger partial charge on any atom is -0.483 e. The summed E-state index contributed by atoms with van der Waals surface area (Å²) in [4.78, 5) is 25.2. The zero-order valence-corrected chi connectivity index (χ0v) is 23.7. The Labute approximate surface area is 226 Å². The molecule has 3 rings (SSSR count). The average Bonchev–Trinajstić information content (AvgIpc) is 3.16. The molecule has 3 aromatic rings. The summed E-state index contributed by atoms with van der Waals surface area (Å²) in [6, 6.07) is 10.4. The molecule has 0 spiro atoms. The number of aromatic amines is 1. The third-order valence-electron chi connectivity index (χ3n) is 6.82. The number of hydrogen-bond donors (Lipinski definition) is 2. The molecule has 9 heteroatoms. The first-order chi connectivity index (χ1) is 16.8. The number of carbonyl (C=O) groups is 1. The van der Waals surface area contributed by atoms with Crippen LogP contribution < -0.4 is 15.6 Å².